The molecule has 230 valence electrons. The van der Waals surface area contributed by atoms with E-state index in [9.17, 15) is 4.79 Å². The van der Waals surface area contributed by atoms with Crippen molar-refractivity contribution in [3.63, 3.8) is 0 Å². The van der Waals surface area contributed by atoms with Gasteiger partial charge in [0.05, 0.1) is 19.6 Å². The normalized spacial score (nSPS) is 11.2. The van der Waals surface area contributed by atoms with Gasteiger partial charge in [0.15, 0.2) is 0 Å². The highest BCUT2D eigenvalue weighted by Crippen LogP contribution is 2.15. The smallest absolute Gasteiger partial charge is 0.243 e. The number of amides is 1. The van der Waals surface area contributed by atoms with Gasteiger partial charge in [-0.3, -0.25) is 4.79 Å². The van der Waals surface area contributed by atoms with Gasteiger partial charge in [-0.05, 0) is 19.9 Å². The fraction of sp³-hybridized carbons (Fsp3) is 0.195. The number of carbonyl (C=O) groups is 1. The molecule has 0 aliphatic rings. The van der Waals surface area contributed by atoms with E-state index in [1.54, 1.807) is 0 Å². The Bertz CT molecular complexity index is 1390. The van der Waals surface area contributed by atoms with E-state index in [4.69, 9.17) is 0 Å². The summed E-state index contributed by atoms with van der Waals surface area (Å²) < 4.78 is 1.06. The third-order valence-corrected chi connectivity index (χ3v) is 9.19. The van der Waals surface area contributed by atoms with Crippen molar-refractivity contribution in [2.45, 2.75) is 26.8 Å². The first-order valence-electron chi connectivity index (χ1n) is 16.2. The number of carbonyl (C=O) groups excluding carboxylic acids is 1. The predicted molar refractivity (Wildman–Crippen MR) is 194 cm³/mol. The molecule has 0 spiro atoms. The lowest BCUT2D eigenvalue weighted by molar-refractivity contribution is -0.937. The molecule has 0 saturated carbocycles. The molecule has 0 unspecified atom stereocenters. The van der Waals surface area contributed by atoms with Crippen LogP contribution in [0.5, 0.6) is 0 Å². The lowest BCUT2D eigenvalue weighted by Gasteiger charge is -2.44. The molecule has 5 rings (SSSR count). The summed E-state index contributed by atoms with van der Waals surface area (Å²) >= 11 is 0. The average Bonchev–Trinajstić information content (AvgIpc) is 3.12. The number of rotatable bonds is 13. The molecule has 0 aliphatic heterocycles. The van der Waals surface area contributed by atoms with Crippen LogP contribution in [-0.2, 0) is 11.3 Å². The molecule has 0 aliphatic carbocycles. The van der Waals surface area contributed by atoms with Gasteiger partial charge in [-0.1, -0.05) is 158 Å². The second kappa shape index (κ2) is 17.0. The van der Waals surface area contributed by atoms with Gasteiger partial charge in [0.25, 0.3) is 0 Å². The van der Waals surface area contributed by atoms with Crippen LogP contribution in [0.3, 0.4) is 0 Å². The van der Waals surface area contributed by atoms with Crippen molar-refractivity contribution in [1.82, 2.24) is 5.32 Å². The fourth-order valence-electron chi connectivity index (χ4n) is 6.63. The van der Waals surface area contributed by atoms with Crippen molar-refractivity contribution in [1.29, 1.82) is 0 Å². The van der Waals surface area contributed by atoms with Gasteiger partial charge in [0, 0.05) is 18.5 Å². The molecule has 4 heteroatoms. The monoisotopic (exact) mass is 594 g/mol. The van der Waals surface area contributed by atoms with Gasteiger partial charge in [0.1, 0.15) is 12.7 Å². The van der Waals surface area contributed by atoms with E-state index in [-0.39, 0.29) is 5.91 Å². The van der Waals surface area contributed by atoms with Crippen molar-refractivity contribution in [3.8, 4) is 0 Å². The fourth-order valence-corrected chi connectivity index (χ4v) is 6.63. The topological polar surface area (TPSA) is 29.1 Å². The van der Waals surface area contributed by atoms with Crippen molar-refractivity contribution in [2.24, 2.45) is 0 Å². The van der Waals surface area contributed by atoms with Gasteiger partial charge in [0.2, 0.25) is 5.91 Å². The van der Waals surface area contributed by atoms with Crippen LogP contribution in [0.15, 0.2) is 164 Å². The van der Waals surface area contributed by atoms with Crippen LogP contribution in [0.4, 0.5) is 0 Å². The van der Waals surface area contributed by atoms with Crippen LogP contribution < -0.4 is 27.2 Å². The minimum absolute atomic E-state index is 0.0841. The molecule has 0 aromatic heterocycles. The maximum atomic E-state index is 11.1. The zero-order chi connectivity index (χ0) is 31.8. The zero-order valence-corrected chi connectivity index (χ0v) is 26.9. The molecule has 0 heterocycles. The maximum absolute atomic E-state index is 11.1. The Labute approximate surface area is 270 Å². The summed E-state index contributed by atoms with van der Waals surface area (Å²) in [6.07, 6.45) is 1.10. The van der Waals surface area contributed by atoms with Crippen molar-refractivity contribution in [2.75, 3.05) is 26.2 Å². The number of benzene rings is 5. The molecule has 5 aromatic rings. The van der Waals surface area contributed by atoms with E-state index < -0.39 is 6.15 Å². The van der Waals surface area contributed by atoms with Gasteiger partial charge >= 0.3 is 0 Å². The molecule has 5 aromatic carbocycles. The van der Waals surface area contributed by atoms with E-state index in [2.05, 4.69) is 177 Å². The Morgan fingerprint density at radius 3 is 1.31 bits per heavy atom. The predicted octanol–water partition coefficient (Wildman–Crippen LogP) is 5.80. The molecule has 0 fully saturated rings. The van der Waals surface area contributed by atoms with E-state index in [0.29, 0.717) is 0 Å². The van der Waals surface area contributed by atoms with Crippen LogP contribution >= 0.6 is 0 Å². The molecule has 0 saturated heterocycles. The second-order valence-electron chi connectivity index (χ2n) is 11.7. The van der Waals surface area contributed by atoms with Gasteiger partial charge in [-0.25, -0.2) is 0 Å². The van der Waals surface area contributed by atoms with Crippen LogP contribution in [0, 0.1) is 0 Å². The molecular weight excluding hydrogens is 547 g/mol. The third-order valence-electron chi connectivity index (χ3n) is 9.19. The molecule has 0 bridgehead atoms. The number of hydrogen-bond acceptors (Lipinski definition) is 1. The first-order chi connectivity index (χ1) is 22.1. The molecule has 0 atom stereocenters. The largest absolute Gasteiger partial charge is 0.352 e. The summed E-state index contributed by atoms with van der Waals surface area (Å²) in [5.41, 5.74) is 6.74. The van der Waals surface area contributed by atoms with Gasteiger partial charge in [-0.2, -0.15) is 21.9 Å². The number of quaternary nitrogens is 1. The van der Waals surface area contributed by atoms with Crippen LogP contribution in [-0.4, -0.2) is 42.7 Å². The lowest BCUT2D eigenvalue weighted by atomic mass is 9.13. The van der Waals surface area contributed by atoms with Crippen molar-refractivity contribution >= 4 is 33.9 Å². The van der Waals surface area contributed by atoms with Gasteiger partial charge in [-0.15, -0.1) is 0 Å². The maximum Gasteiger partial charge on any atom is 0.243 e. The Kier molecular flexibility index (Phi) is 12.5. The third kappa shape index (κ3) is 8.50. The van der Waals surface area contributed by atoms with Crippen molar-refractivity contribution < 1.29 is 9.28 Å². The summed E-state index contributed by atoms with van der Waals surface area (Å²) in [5, 5.41) is 2.85. The number of hydrogen-bond donors (Lipinski definition) is 1. The van der Waals surface area contributed by atoms with E-state index >= 15 is 0 Å². The van der Waals surface area contributed by atoms with E-state index in [1.807, 2.05) is 0 Å². The lowest BCUT2D eigenvalue weighted by Crippen LogP contribution is -2.74. The first-order valence-corrected chi connectivity index (χ1v) is 16.2. The highest BCUT2D eigenvalue weighted by atomic mass is 16.1. The van der Waals surface area contributed by atoms with Crippen molar-refractivity contribution in [3.05, 3.63) is 170 Å². The Morgan fingerprint density at radius 1 is 0.622 bits per heavy atom. The van der Waals surface area contributed by atoms with Crippen LogP contribution in [0.1, 0.15) is 25.8 Å². The van der Waals surface area contributed by atoms with E-state index in [1.165, 1.54) is 33.5 Å². The highest BCUT2D eigenvalue weighted by molar-refractivity contribution is 7.19. The van der Waals surface area contributed by atoms with Gasteiger partial charge < -0.3 is 9.80 Å². The summed E-state index contributed by atoms with van der Waals surface area (Å²) in [7, 11) is 0. The average molecular weight is 595 g/mol. The number of nitrogens with zero attached hydrogens (tertiary/aromatic N) is 1. The summed E-state index contributed by atoms with van der Waals surface area (Å²) in [4.78, 5) is 11.1. The Balaban J connectivity index is 0.000000211. The zero-order valence-electron chi connectivity index (χ0n) is 26.9. The Morgan fingerprint density at radius 2 is 0.978 bits per heavy atom. The quantitative estimate of drug-likeness (QED) is 0.0795. The molecule has 0 radical (unpaired) electrons. The highest BCUT2D eigenvalue weighted by Gasteiger charge is 2.31. The molecule has 3 nitrogen and oxygen atoms in total. The van der Waals surface area contributed by atoms with Crippen LogP contribution in [0.25, 0.3) is 0 Å². The number of nitrogens with one attached hydrogen (secondary N) is 1. The summed E-state index contributed by atoms with van der Waals surface area (Å²) in [6, 6.07) is 54.2. The molecule has 1 amide bonds. The SMILES string of the molecule is C=CC(=O)NCCC[N+](CC)(CC)Cc1ccccc1.c1ccc([B-](c2ccccc2)(c2ccccc2)c2ccccc2)cc1. The minimum Gasteiger partial charge on any atom is -0.352 e. The first kappa shape index (κ1) is 33.2. The Hall–Kier alpha value is -4.67. The molecule has 1 N–H and O–H groups in total. The summed E-state index contributed by atoms with van der Waals surface area (Å²) in [5.74, 6) is -0.0841. The standard InChI is InChI=1S/C24H20B.C17H26N2O/c1-5-13-21(14-6-1)25(22-15-7-2-8-16-22,23-17-9-3-10-18-23)24-19-11-4-12-20-24;1-4-17(20)18-13-10-14-19(5-2,6-3)15-16-11-8-7-9-12-16/h1-20H;4,7-9,11-12H,1,5-6,10,13-15H2,2-3H3/q-1;/p+1. The molecular formula is C41H47BN2O. The summed E-state index contributed by atoms with van der Waals surface area (Å²) in [6.45, 7) is 13.0. The van der Waals surface area contributed by atoms with E-state index in [0.717, 1.165) is 43.6 Å². The minimum atomic E-state index is -1.22. The van der Waals surface area contributed by atoms with Crippen LogP contribution in [0.2, 0.25) is 0 Å². The second-order valence-corrected chi connectivity index (χ2v) is 11.7. The molecule has 45 heavy (non-hydrogen) atoms.